The topological polar surface area (TPSA) is 35.0 Å². The lowest BCUT2D eigenvalue weighted by atomic mass is 10.1. The van der Waals surface area contributed by atoms with Gasteiger partial charge in [0, 0.05) is 7.11 Å². The highest BCUT2D eigenvalue weighted by molar-refractivity contribution is 6.29. The van der Waals surface area contributed by atoms with Gasteiger partial charge in [0.25, 0.3) is 0 Å². The fourth-order valence-corrected chi connectivity index (χ4v) is 0.884. The first-order valence-corrected chi connectivity index (χ1v) is 3.97. The molecule has 0 N–H and O–H groups in total. The Bertz CT molecular complexity index is 276. The molecule has 0 spiro atoms. The van der Waals surface area contributed by atoms with Crippen LogP contribution >= 0.6 is 11.6 Å². The van der Waals surface area contributed by atoms with Gasteiger partial charge < -0.3 is 4.74 Å². The van der Waals surface area contributed by atoms with E-state index in [0.29, 0.717) is 5.15 Å². The van der Waals surface area contributed by atoms with Crippen molar-refractivity contribution in [1.29, 1.82) is 0 Å². The van der Waals surface area contributed by atoms with Crippen molar-refractivity contribution in [1.82, 2.24) is 9.97 Å². The highest BCUT2D eigenvalue weighted by atomic mass is 35.5. The van der Waals surface area contributed by atoms with E-state index in [4.69, 9.17) is 16.3 Å². The van der Waals surface area contributed by atoms with Crippen molar-refractivity contribution in [3.63, 3.8) is 0 Å². The SMILES string of the molecule is COC(C)(C)c1cncc(Cl)n1. The highest BCUT2D eigenvalue weighted by Crippen LogP contribution is 2.21. The van der Waals surface area contributed by atoms with E-state index in [2.05, 4.69) is 9.97 Å². The summed E-state index contributed by atoms with van der Waals surface area (Å²) in [4.78, 5) is 8.02. The average Bonchev–Trinajstić information content (AvgIpc) is 2.05. The molecule has 0 aliphatic rings. The first-order valence-electron chi connectivity index (χ1n) is 3.59. The van der Waals surface area contributed by atoms with E-state index in [-0.39, 0.29) is 0 Å². The van der Waals surface area contributed by atoms with Crippen LogP contribution < -0.4 is 0 Å². The molecule has 1 aromatic rings. The second-order valence-corrected chi connectivity index (χ2v) is 3.33. The molecule has 0 unspecified atom stereocenters. The zero-order valence-electron chi connectivity index (χ0n) is 7.34. The third-order valence-corrected chi connectivity index (χ3v) is 1.91. The predicted octanol–water partition coefficient (Wildman–Crippen LogP) is 2.01. The molecule has 1 aromatic heterocycles. The van der Waals surface area contributed by atoms with Gasteiger partial charge >= 0.3 is 0 Å². The van der Waals surface area contributed by atoms with Gasteiger partial charge in [-0.2, -0.15) is 0 Å². The minimum absolute atomic E-state index is 0.387. The largest absolute Gasteiger partial charge is 0.372 e. The summed E-state index contributed by atoms with van der Waals surface area (Å²) in [5.41, 5.74) is 0.301. The number of halogens is 1. The summed E-state index contributed by atoms with van der Waals surface area (Å²) in [7, 11) is 1.63. The molecular formula is C8H11ClN2O. The smallest absolute Gasteiger partial charge is 0.147 e. The number of nitrogens with zero attached hydrogens (tertiary/aromatic N) is 2. The number of hydrogen-bond acceptors (Lipinski definition) is 3. The summed E-state index contributed by atoms with van der Waals surface area (Å²) in [6.07, 6.45) is 3.15. The molecule has 0 aliphatic carbocycles. The quantitative estimate of drug-likeness (QED) is 0.709. The monoisotopic (exact) mass is 186 g/mol. The molecule has 1 rings (SSSR count). The van der Waals surface area contributed by atoms with Gasteiger partial charge in [0.05, 0.1) is 18.1 Å². The molecule has 0 saturated heterocycles. The molecule has 0 fully saturated rings. The second kappa shape index (κ2) is 3.37. The van der Waals surface area contributed by atoms with E-state index in [1.807, 2.05) is 13.8 Å². The molecule has 0 aliphatic heterocycles. The molecule has 0 radical (unpaired) electrons. The number of ether oxygens (including phenoxy) is 1. The maximum atomic E-state index is 5.68. The van der Waals surface area contributed by atoms with Crippen molar-refractivity contribution in [2.45, 2.75) is 19.4 Å². The zero-order chi connectivity index (χ0) is 9.19. The van der Waals surface area contributed by atoms with Crippen LogP contribution in [0, 0.1) is 0 Å². The summed E-state index contributed by atoms with van der Waals surface area (Å²) in [5.74, 6) is 0. The van der Waals surface area contributed by atoms with Crippen molar-refractivity contribution in [2.75, 3.05) is 7.11 Å². The minimum atomic E-state index is -0.433. The Morgan fingerprint density at radius 1 is 1.42 bits per heavy atom. The number of methoxy groups -OCH3 is 1. The Kier molecular flexibility index (Phi) is 2.65. The van der Waals surface area contributed by atoms with E-state index < -0.39 is 5.60 Å². The van der Waals surface area contributed by atoms with Crippen LogP contribution in [-0.2, 0) is 10.3 Å². The van der Waals surface area contributed by atoms with Gasteiger partial charge in [-0.25, -0.2) is 4.98 Å². The standard InChI is InChI=1S/C8H11ClN2O/c1-8(2,12-3)6-4-10-5-7(9)11-6/h4-5H,1-3H3. The lowest BCUT2D eigenvalue weighted by Gasteiger charge is -2.21. The zero-order valence-corrected chi connectivity index (χ0v) is 8.09. The summed E-state index contributed by atoms with van der Waals surface area (Å²) in [5, 5.41) is 0.387. The van der Waals surface area contributed by atoms with Gasteiger partial charge in [-0.15, -0.1) is 0 Å². The molecule has 0 amide bonds. The Morgan fingerprint density at radius 3 is 2.58 bits per heavy atom. The highest BCUT2D eigenvalue weighted by Gasteiger charge is 2.21. The molecule has 4 heteroatoms. The predicted molar refractivity (Wildman–Crippen MR) is 47.1 cm³/mol. The fourth-order valence-electron chi connectivity index (χ4n) is 0.737. The third-order valence-electron chi connectivity index (χ3n) is 1.73. The number of aromatic nitrogens is 2. The average molecular weight is 187 g/mol. The van der Waals surface area contributed by atoms with Crippen LogP contribution in [0.2, 0.25) is 5.15 Å². The Balaban J connectivity index is 3.03. The van der Waals surface area contributed by atoms with Crippen LogP contribution in [0.3, 0.4) is 0 Å². The maximum Gasteiger partial charge on any atom is 0.147 e. The van der Waals surface area contributed by atoms with E-state index in [0.717, 1.165) is 5.69 Å². The van der Waals surface area contributed by atoms with Crippen LogP contribution in [0.4, 0.5) is 0 Å². The molecule has 3 nitrogen and oxygen atoms in total. The molecule has 0 saturated carbocycles. The van der Waals surface area contributed by atoms with E-state index in [1.165, 1.54) is 6.20 Å². The van der Waals surface area contributed by atoms with Crippen LogP contribution in [0.5, 0.6) is 0 Å². The normalized spacial score (nSPS) is 11.7. The van der Waals surface area contributed by atoms with Crippen molar-refractivity contribution in [2.24, 2.45) is 0 Å². The van der Waals surface area contributed by atoms with Gasteiger partial charge in [0.1, 0.15) is 10.8 Å². The first-order chi connectivity index (χ1) is 5.56. The Labute approximate surface area is 76.7 Å². The number of hydrogen-bond donors (Lipinski definition) is 0. The van der Waals surface area contributed by atoms with Crippen LogP contribution in [-0.4, -0.2) is 17.1 Å². The van der Waals surface area contributed by atoms with E-state index >= 15 is 0 Å². The Hall–Kier alpha value is -0.670. The third kappa shape index (κ3) is 1.93. The van der Waals surface area contributed by atoms with Gasteiger partial charge in [-0.1, -0.05) is 11.6 Å². The molecule has 0 bridgehead atoms. The summed E-state index contributed by atoms with van der Waals surface area (Å²) < 4.78 is 5.22. The van der Waals surface area contributed by atoms with Gasteiger partial charge in [-0.05, 0) is 13.8 Å². The lowest BCUT2D eigenvalue weighted by molar-refractivity contribution is 0.0152. The molecule has 0 atom stereocenters. The summed E-state index contributed by atoms with van der Waals surface area (Å²) >= 11 is 5.68. The first kappa shape index (κ1) is 9.42. The van der Waals surface area contributed by atoms with Crippen molar-refractivity contribution < 1.29 is 4.74 Å². The molecular weight excluding hydrogens is 176 g/mol. The van der Waals surface area contributed by atoms with Gasteiger partial charge in [0.15, 0.2) is 0 Å². The van der Waals surface area contributed by atoms with Crippen LogP contribution in [0.1, 0.15) is 19.5 Å². The van der Waals surface area contributed by atoms with Gasteiger partial charge in [-0.3, -0.25) is 4.98 Å². The summed E-state index contributed by atoms with van der Waals surface area (Å²) in [6, 6.07) is 0. The molecule has 0 aromatic carbocycles. The summed E-state index contributed by atoms with van der Waals surface area (Å²) in [6.45, 7) is 3.82. The minimum Gasteiger partial charge on any atom is -0.372 e. The lowest BCUT2D eigenvalue weighted by Crippen LogP contribution is -2.21. The van der Waals surface area contributed by atoms with Crippen molar-refractivity contribution >= 4 is 11.6 Å². The maximum absolute atomic E-state index is 5.68. The van der Waals surface area contributed by atoms with E-state index in [9.17, 15) is 0 Å². The van der Waals surface area contributed by atoms with Crippen molar-refractivity contribution in [3.05, 3.63) is 23.2 Å². The fraction of sp³-hybridized carbons (Fsp3) is 0.500. The molecule has 12 heavy (non-hydrogen) atoms. The van der Waals surface area contributed by atoms with Gasteiger partial charge in [0.2, 0.25) is 0 Å². The van der Waals surface area contributed by atoms with Crippen LogP contribution in [0.25, 0.3) is 0 Å². The van der Waals surface area contributed by atoms with E-state index in [1.54, 1.807) is 13.3 Å². The van der Waals surface area contributed by atoms with Crippen LogP contribution in [0.15, 0.2) is 12.4 Å². The molecule has 66 valence electrons. The second-order valence-electron chi connectivity index (χ2n) is 2.94. The molecule has 1 heterocycles. The van der Waals surface area contributed by atoms with Crippen molar-refractivity contribution in [3.8, 4) is 0 Å². The Morgan fingerprint density at radius 2 is 2.08 bits per heavy atom. The number of rotatable bonds is 2.